The van der Waals surface area contributed by atoms with E-state index in [-0.39, 0.29) is 17.7 Å². The smallest absolute Gasteiger partial charge is 0.270 e. The Labute approximate surface area is 166 Å². The van der Waals surface area contributed by atoms with Crippen LogP contribution in [0.3, 0.4) is 0 Å². The Morgan fingerprint density at radius 2 is 1.85 bits per heavy atom. The first-order chi connectivity index (χ1) is 12.5. The molecule has 1 heterocycles. The first-order valence-corrected chi connectivity index (χ1v) is 9.98. The number of halogens is 1. The molecular formula is C19H23IN4O2. The third-order valence-electron chi connectivity index (χ3n) is 4.86. The predicted octanol–water partition coefficient (Wildman–Crippen LogP) is 3.34. The maximum absolute atomic E-state index is 12.9. The van der Waals surface area contributed by atoms with Gasteiger partial charge in [-0.25, -0.2) is 0 Å². The number of carbonyl (C=O) groups excluding carboxylic acids is 2. The van der Waals surface area contributed by atoms with E-state index >= 15 is 0 Å². The van der Waals surface area contributed by atoms with Crippen LogP contribution in [0.25, 0.3) is 0 Å². The van der Waals surface area contributed by atoms with E-state index in [9.17, 15) is 9.59 Å². The summed E-state index contributed by atoms with van der Waals surface area (Å²) in [4.78, 5) is 25.6. The van der Waals surface area contributed by atoms with Gasteiger partial charge in [-0.3, -0.25) is 14.3 Å². The normalized spacial score (nSPS) is 16.1. The largest absolute Gasteiger partial charge is 0.339 e. The molecule has 2 amide bonds. The monoisotopic (exact) mass is 466 g/mol. The van der Waals surface area contributed by atoms with Crippen LogP contribution >= 0.6 is 22.6 Å². The molecule has 1 fully saturated rings. The highest BCUT2D eigenvalue weighted by Gasteiger charge is 2.31. The van der Waals surface area contributed by atoms with Gasteiger partial charge in [0.2, 0.25) is 5.91 Å². The topological polar surface area (TPSA) is 76.0 Å². The maximum atomic E-state index is 12.9. The maximum Gasteiger partial charge on any atom is 0.270 e. The first kappa shape index (κ1) is 18.9. The van der Waals surface area contributed by atoms with Gasteiger partial charge in [0.25, 0.3) is 5.91 Å². The average molecular weight is 466 g/mol. The number of nitrogens with zero attached hydrogens (tertiary/aromatic N) is 2. The van der Waals surface area contributed by atoms with Gasteiger partial charge in [0, 0.05) is 22.5 Å². The molecule has 2 N–H and O–H groups in total. The van der Waals surface area contributed by atoms with Gasteiger partial charge in [-0.05, 0) is 71.7 Å². The fourth-order valence-corrected chi connectivity index (χ4v) is 3.79. The Bertz CT molecular complexity index is 766. The molecule has 0 aliphatic heterocycles. The summed E-state index contributed by atoms with van der Waals surface area (Å²) in [7, 11) is 1.72. The van der Waals surface area contributed by atoms with Crippen LogP contribution in [-0.4, -0.2) is 27.6 Å². The van der Waals surface area contributed by atoms with Crippen LogP contribution in [0.15, 0.2) is 36.5 Å². The van der Waals surface area contributed by atoms with Crippen molar-refractivity contribution < 1.29 is 9.59 Å². The van der Waals surface area contributed by atoms with Gasteiger partial charge in [-0.15, -0.1) is 0 Å². The summed E-state index contributed by atoms with van der Waals surface area (Å²) in [6, 6.07) is 8.75. The Balaban J connectivity index is 1.75. The molecule has 1 unspecified atom stereocenters. The summed E-state index contributed by atoms with van der Waals surface area (Å²) < 4.78 is 2.62. The van der Waals surface area contributed by atoms with E-state index in [1.54, 1.807) is 19.3 Å². The van der Waals surface area contributed by atoms with Gasteiger partial charge in [0.1, 0.15) is 11.7 Å². The Morgan fingerprint density at radius 3 is 2.46 bits per heavy atom. The number of carbonyl (C=O) groups is 2. The van der Waals surface area contributed by atoms with E-state index in [0.29, 0.717) is 5.69 Å². The van der Waals surface area contributed by atoms with Crippen molar-refractivity contribution in [1.82, 2.24) is 15.1 Å². The molecule has 26 heavy (non-hydrogen) atoms. The summed E-state index contributed by atoms with van der Waals surface area (Å²) in [5.74, 6) is -0.267. The van der Waals surface area contributed by atoms with Crippen LogP contribution in [0.1, 0.15) is 42.6 Å². The lowest BCUT2D eigenvalue weighted by Gasteiger charge is -2.30. The molecule has 1 aliphatic rings. The van der Waals surface area contributed by atoms with Crippen LogP contribution in [-0.2, 0) is 11.8 Å². The van der Waals surface area contributed by atoms with Crippen molar-refractivity contribution >= 4 is 40.1 Å². The van der Waals surface area contributed by atoms with Gasteiger partial charge in [-0.2, -0.15) is 5.10 Å². The standard InChI is InChI=1S/C19H23IN4O2/c1-24-16(11-12-21-24)18(25)23-17(13-5-3-2-4-6-13)19(26)22-15-9-7-14(20)8-10-15/h7-13,17H,2-6H2,1H3,(H,22,26)(H,23,25). The van der Waals surface area contributed by atoms with Gasteiger partial charge in [0.05, 0.1) is 0 Å². The second kappa shape index (κ2) is 8.66. The van der Waals surface area contributed by atoms with E-state index in [0.717, 1.165) is 34.9 Å². The Hall–Kier alpha value is -1.90. The van der Waals surface area contributed by atoms with Crippen molar-refractivity contribution in [1.29, 1.82) is 0 Å². The molecule has 0 bridgehead atoms. The second-order valence-electron chi connectivity index (χ2n) is 6.69. The van der Waals surface area contributed by atoms with E-state index in [1.807, 2.05) is 24.3 Å². The molecular weight excluding hydrogens is 443 g/mol. The minimum Gasteiger partial charge on any atom is -0.339 e. The van der Waals surface area contributed by atoms with Gasteiger partial charge >= 0.3 is 0 Å². The zero-order valence-electron chi connectivity index (χ0n) is 14.7. The molecule has 1 aromatic heterocycles. The van der Waals surface area contributed by atoms with Gasteiger partial charge < -0.3 is 10.6 Å². The molecule has 3 rings (SSSR count). The highest BCUT2D eigenvalue weighted by molar-refractivity contribution is 14.1. The fraction of sp³-hybridized carbons (Fsp3) is 0.421. The van der Waals surface area contributed by atoms with Crippen molar-refractivity contribution in [2.24, 2.45) is 13.0 Å². The minimum atomic E-state index is -0.544. The summed E-state index contributed by atoms with van der Waals surface area (Å²) in [5.41, 5.74) is 1.19. The van der Waals surface area contributed by atoms with Crippen LogP contribution in [0.5, 0.6) is 0 Å². The van der Waals surface area contributed by atoms with Crippen molar-refractivity contribution in [3.63, 3.8) is 0 Å². The molecule has 1 aromatic carbocycles. The van der Waals surface area contributed by atoms with Crippen LogP contribution in [0, 0.1) is 9.49 Å². The molecule has 138 valence electrons. The molecule has 0 radical (unpaired) electrons. The lowest BCUT2D eigenvalue weighted by Crippen LogP contribution is -2.49. The van der Waals surface area contributed by atoms with Crippen molar-refractivity contribution in [3.05, 3.63) is 45.8 Å². The average Bonchev–Trinajstić information content (AvgIpc) is 3.08. The molecule has 0 saturated heterocycles. The van der Waals surface area contributed by atoms with Gasteiger partial charge in [0.15, 0.2) is 0 Å². The number of rotatable bonds is 5. The summed E-state index contributed by atoms with van der Waals surface area (Å²) in [5, 5.41) is 9.93. The van der Waals surface area contributed by atoms with E-state index in [4.69, 9.17) is 0 Å². The number of nitrogens with one attached hydrogen (secondary N) is 2. The Kier molecular flexibility index (Phi) is 6.29. The summed E-state index contributed by atoms with van der Waals surface area (Å²) >= 11 is 2.23. The van der Waals surface area contributed by atoms with Crippen LogP contribution in [0.4, 0.5) is 5.69 Å². The second-order valence-corrected chi connectivity index (χ2v) is 7.93. The van der Waals surface area contributed by atoms with E-state index < -0.39 is 6.04 Å². The molecule has 1 atom stereocenters. The lowest BCUT2D eigenvalue weighted by atomic mass is 9.83. The van der Waals surface area contributed by atoms with Crippen molar-refractivity contribution in [3.8, 4) is 0 Å². The molecule has 2 aromatic rings. The zero-order chi connectivity index (χ0) is 18.5. The first-order valence-electron chi connectivity index (χ1n) is 8.90. The fourth-order valence-electron chi connectivity index (χ4n) is 3.43. The van der Waals surface area contributed by atoms with Crippen LogP contribution < -0.4 is 10.6 Å². The molecule has 6 nitrogen and oxygen atoms in total. The molecule has 1 aliphatic carbocycles. The highest BCUT2D eigenvalue weighted by atomic mass is 127. The van der Waals surface area contributed by atoms with E-state index in [2.05, 4.69) is 38.3 Å². The quantitative estimate of drug-likeness (QED) is 0.664. The molecule has 1 saturated carbocycles. The number of hydrogen-bond donors (Lipinski definition) is 2. The molecule has 0 spiro atoms. The lowest BCUT2D eigenvalue weighted by molar-refractivity contribution is -0.119. The van der Waals surface area contributed by atoms with Crippen molar-refractivity contribution in [2.45, 2.75) is 38.1 Å². The molecule has 7 heteroatoms. The predicted molar refractivity (Wildman–Crippen MR) is 109 cm³/mol. The third kappa shape index (κ3) is 4.63. The number of amides is 2. The summed E-state index contributed by atoms with van der Waals surface area (Å²) in [6.07, 6.45) is 6.87. The number of anilines is 1. The number of hydrogen-bond acceptors (Lipinski definition) is 3. The SMILES string of the molecule is Cn1nccc1C(=O)NC(C(=O)Nc1ccc(I)cc1)C1CCCCC1. The summed E-state index contributed by atoms with van der Waals surface area (Å²) in [6.45, 7) is 0. The minimum absolute atomic E-state index is 0.157. The van der Waals surface area contributed by atoms with Crippen molar-refractivity contribution in [2.75, 3.05) is 5.32 Å². The number of aryl methyl sites for hydroxylation is 1. The van der Waals surface area contributed by atoms with Gasteiger partial charge in [-0.1, -0.05) is 19.3 Å². The van der Waals surface area contributed by atoms with Crippen LogP contribution in [0.2, 0.25) is 0 Å². The highest BCUT2D eigenvalue weighted by Crippen LogP contribution is 2.27. The van der Waals surface area contributed by atoms with E-state index in [1.165, 1.54) is 11.1 Å². The zero-order valence-corrected chi connectivity index (χ0v) is 16.9. The third-order valence-corrected chi connectivity index (χ3v) is 5.57. The Morgan fingerprint density at radius 1 is 1.15 bits per heavy atom. The number of aromatic nitrogens is 2. The number of benzene rings is 1.